The van der Waals surface area contributed by atoms with E-state index in [2.05, 4.69) is 4.74 Å². The summed E-state index contributed by atoms with van der Waals surface area (Å²) in [6.07, 6.45) is 0.851. The number of hydrogen-bond acceptors (Lipinski definition) is 4. The van der Waals surface area contributed by atoms with Crippen LogP contribution in [0.1, 0.15) is 6.42 Å². The van der Waals surface area contributed by atoms with Crippen molar-refractivity contribution in [2.24, 2.45) is 0 Å². The summed E-state index contributed by atoms with van der Waals surface area (Å²) in [4.78, 5) is 10.1. The number of carbonyl (C=O) groups excluding carboxylic acids is 1. The summed E-state index contributed by atoms with van der Waals surface area (Å²) in [5.41, 5.74) is 0.191. The fourth-order valence-electron chi connectivity index (χ4n) is 0.666. The molecule has 10 heavy (non-hydrogen) atoms. The summed E-state index contributed by atoms with van der Waals surface area (Å²) in [5.74, 6) is -0.0156. The molecule has 0 aromatic carbocycles. The average molecular weight is 141 g/mol. The predicted molar refractivity (Wildman–Crippen MR) is 33.6 cm³/mol. The van der Waals surface area contributed by atoms with Crippen LogP contribution in [0.5, 0.6) is 0 Å². The van der Waals surface area contributed by atoms with Gasteiger partial charge in [-0.2, -0.15) is 0 Å². The molecule has 0 radical (unpaired) electrons. The van der Waals surface area contributed by atoms with E-state index in [0.29, 0.717) is 6.29 Å². The molecule has 1 unspecified atom stereocenters. The first kappa shape index (κ1) is 6.95. The van der Waals surface area contributed by atoms with E-state index in [1.165, 1.54) is 0 Å². The number of nitrogens with one attached hydrogen (secondary N) is 1. The van der Waals surface area contributed by atoms with Crippen molar-refractivity contribution in [3.8, 4) is 0 Å². The van der Waals surface area contributed by atoms with Crippen molar-refractivity contribution in [1.29, 1.82) is 5.41 Å². The lowest BCUT2D eigenvalue weighted by atomic mass is 10.1. The van der Waals surface area contributed by atoms with E-state index < -0.39 is 6.10 Å². The first-order valence-corrected chi connectivity index (χ1v) is 2.81. The first-order valence-electron chi connectivity index (χ1n) is 2.81. The molecule has 1 aliphatic rings. The molecule has 1 aliphatic heterocycles. The maximum Gasteiger partial charge on any atom is 0.189 e. The van der Waals surface area contributed by atoms with E-state index in [1.54, 1.807) is 0 Å². The quantitative estimate of drug-likeness (QED) is 0.498. The molecular formula is C6H7NO3. The molecule has 1 heterocycles. The minimum absolute atomic E-state index is 0.0156. The lowest BCUT2D eigenvalue weighted by molar-refractivity contribution is -0.105. The van der Waals surface area contributed by atoms with Gasteiger partial charge in [0.15, 0.2) is 12.2 Å². The second kappa shape index (κ2) is 2.62. The monoisotopic (exact) mass is 141 g/mol. The van der Waals surface area contributed by atoms with E-state index in [1.807, 2.05) is 0 Å². The third-order valence-corrected chi connectivity index (χ3v) is 1.24. The highest BCUT2D eigenvalue weighted by Crippen LogP contribution is 2.11. The third kappa shape index (κ3) is 1.22. The van der Waals surface area contributed by atoms with Gasteiger partial charge in [-0.3, -0.25) is 10.2 Å². The van der Waals surface area contributed by atoms with Gasteiger partial charge in [0, 0.05) is 0 Å². The van der Waals surface area contributed by atoms with Gasteiger partial charge in [-0.05, 0) is 0 Å². The first-order chi connectivity index (χ1) is 4.74. The van der Waals surface area contributed by atoms with Gasteiger partial charge in [0.1, 0.15) is 6.26 Å². The van der Waals surface area contributed by atoms with Crippen molar-refractivity contribution in [3.63, 3.8) is 0 Å². The fourth-order valence-corrected chi connectivity index (χ4v) is 0.666. The van der Waals surface area contributed by atoms with Gasteiger partial charge in [-0.25, -0.2) is 0 Å². The largest absolute Gasteiger partial charge is 0.451 e. The number of aliphatic hydroxyl groups is 1. The van der Waals surface area contributed by atoms with Crippen LogP contribution in [0.3, 0.4) is 0 Å². The number of hydrogen-bond donors (Lipinski definition) is 2. The molecule has 0 aliphatic carbocycles. The average Bonchev–Trinajstić information content (AvgIpc) is 1.88. The lowest BCUT2D eigenvalue weighted by Crippen LogP contribution is -2.22. The molecule has 1 atom stereocenters. The highest BCUT2D eigenvalue weighted by atomic mass is 16.5. The maximum absolute atomic E-state index is 10.1. The van der Waals surface area contributed by atoms with Crippen LogP contribution in [0.2, 0.25) is 0 Å². The zero-order valence-electron chi connectivity index (χ0n) is 5.20. The summed E-state index contributed by atoms with van der Waals surface area (Å²) in [6, 6.07) is 0. The molecule has 2 N–H and O–H groups in total. The van der Waals surface area contributed by atoms with Gasteiger partial charge in [-0.15, -0.1) is 0 Å². The Labute approximate surface area is 57.6 Å². The molecule has 4 heteroatoms. The summed E-state index contributed by atoms with van der Waals surface area (Å²) in [7, 11) is 0. The van der Waals surface area contributed by atoms with Crippen LogP contribution in [0.4, 0.5) is 0 Å². The summed E-state index contributed by atoms with van der Waals surface area (Å²) in [5, 5.41) is 16.0. The predicted octanol–water partition coefficient (Wildman–Crippen LogP) is -0.172. The topological polar surface area (TPSA) is 70.4 Å². The Morgan fingerprint density at radius 1 is 1.90 bits per heavy atom. The molecule has 0 bridgehead atoms. The lowest BCUT2D eigenvalue weighted by Gasteiger charge is -2.15. The van der Waals surface area contributed by atoms with Crippen molar-refractivity contribution in [2.45, 2.75) is 12.5 Å². The van der Waals surface area contributed by atoms with Crippen LogP contribution >= 0.6 is 0 Å². The van der Waals surface area contributed by atoms with E-state index in [9.17, 15) is 4.79 Å². The van der Waals surface area contributed by atoms with Crippen molar-refractivity contribution in [1.82, 2.24) is 0 Å². The van der Waals surface area contributed by atoms with Crippen LogP contribution in [0.15, 0.2) is 11.8 Å². The minimum atomic E-state index is -0.862. The normalized spacial score (nSPS) is 25.1. The van der Waals surface area contributed by atoms with E-state index in [0.717, 1.165) is 6.26 Å². The van der Waals surface area contributed by atoms with Crippen molar-refractivity contribution in [2.75, 3.05) is 0 Å². The summed E-state index contributed by atoms with van der Waals surface area (Å²) in [6.45, 7) is 0. The maximum atomic E-state index is 10.1. The van der Waals surface area contributed by atoms with Crippen LogP contribution in [-0.2, 0) is 9.53 Å². The molecule has 0 saturated carbocycles. The Hall–Kier alpha value is -1.16. The Kier molecular flexibility index (Phi) is 1.82. The van der Waals surface area contributed by atoms with Crippen molar-refractivity contribution >= 4 is 12.2 Å². The number of aldehydes is 1. The van der Waals surface area contributed by atoms with Gasteiger partial charge >= 0.3 is 0 Å². The number of rotatable bonds is 1. The zero-order chi connectivity index (χ0) is 7.56. The molecular weight excluding hydrogens is 134 g/mol. The smallest absolute Gasteiger partial charge is 0.189 e. The van der Waals surface area contributed by atoms with Crippen LogP contribution < -0.4 is 0 Å². The summed E-state index contributed by atoms with van der Waals surface area (Å²) < 4.78 is 4.58. The Morgan fingerprint density at radius 2 is 2.60 bits per heavy atom. The van der Waals surface area contributed by atoms with Crippen molar-refractivity contribution in [3.05, 3.63) is 11.8 Å². The molecule has 0 aromatic heterocycles. The second-order valence-corrected chi connectivity index (χ2v) is 2.00. The van der Waals surface area contributed by atoms with E-state index >= 15 is 0 Å². The minimum Gasteiger partial charge on any atom is -0.451 e. The van der Waals surface area contributed by atoms with Crippen molar-refractivity contribution < 1.29 is 14.6 Å². The Balaban J connectivity index is 2.74. The van der Waals surface area contributed by atoms with Crippen LogP contribution in [0, 0.1) is 5.41 Å². The molecule has 0 amide bonds. The number of aliphatic hydroxyl groups excluding tert-OH is 1. The molecule has 0 fully saturated rings. The molecule has 4 nitrogen and oxygen atoms in total. The molecule has 0 spiro atoms. The SMILES string of the molecule is N=C1CC(O)C(C=O)=CO1. The van der Waals surface area contributed by atoms with Crippen LogP contribution in [-0.4, -0.2) is 23.4 Å². The van der Waals surface area contributed by atoms with Gasteiger partial charge in [0.25, 0.3) is 0 Å². The van der Waals surface area contributed by atoms with Gasteiger partial charge < -0.3 is 9.84 Å². The van der Waals surface area contributed by atoms with Gasteiger partial charge in [-0.1, -0.05) is 0 Å². The van der Waals surface area contributed by atoms with Gasteiger partial charge in [0.2, 0.25) is 0 Å². The third-order valence-electron chi connectivity index (χ3n) is 1.24. The Morgan fingerprint density at radius 3 is 3.10 bits per heavy atom. The second-order valence-electron chi connectivity index (χ2n) is 2.00. The molecule has 54 valence electrons. The van der Waals surface area contributed by atoms with Gasteiger partial charge in [0.05, 0.1) is 18.1 Å². The standard InChI is InChI=1S/C6H7NO3/c7-6-1-5(9)4(2-8)3-10-6/h2-3,5,7,9H,1H2. The van der Waals surface area contributed by atoms with E-state index in [-0.39, 0.29) is 17.9 Å². The highest BCUT2D eigenvalue weighted by molar-refractivity contribution is 5.82. The zero-order valence-corrected chi connectivity index (χ0v) is 5.20. The van der Waals surface area contributed by atoms with Crippen LogP contribution in [0.25, 0.3) is 0 Å². The molecule has 0 aromatic rings. The fraction of sp³-hybridized carbons (Fsp3) is 0.333. The molecule has 1 rings (SSSR count). The van der Waals surface area contributed by atoms with E-state index in [4.69, 9.17) is 10.5 Å². The number of ether oxygens (including phenoxy) is 1. The highest BCUT2D eigenvalue weighted by Gasteiger charge is 2.18. The molecule has 0 saturated heterocycles. The number of carbonyl (C=O) groups is 1. The summed E-state index contributed by atoms with van der Waals surface area (Å²) >= 11 is 0. The Bertz CT molecular complexity index is 197.